The largest absolute Gasteiger partial charge is 0.344 e. The van der Waals surface area contributed by atoms with Gasteiger partial charge in [0.25, 0.3) is 0 Å². The molecule has 194 valence electrons. The van der Waals surface area contributed by atoms with Gasteiger partial charge in [-0.25, -0.2) is 0 Å². The van der Waals surface area contributed by atoms with Gasteiger partial charge in [0.2, 0.25) is 5.91 Å². The summed E-state index contributed by atoms with van der Waals surface area (Å²) >= 11 is 0. The number of carbonyl (C=O) groups excluding carboxylic acids is 1. The van der Waals surface area contributed by atoms with E-state index in [0.29, 0.717) is 6.54 Å². The number of amides is 1. The van der Waals surface area contributed by atoms with Crippen molar-refractivity contribution in [3.05, 3.63) is 108 Å². The van der Waals surface area contributed by atoms with Gasteiger partial charge in [0.15, 0.2) is 0 Å². The number of nitrogens with one attached hydrogen (secondary N) is 2. The molecule has 2 N–H and O–H groups in total. The molecule has 0 saturated heterocycles. The number of rotatable bonds is 11. The van der Waals surface area contributed by atoms with Crippen molar-refractivity contribution >= 4 is 5.91 Å². The average molecular weight is 496 g/mol. The molecule has 0 unspecified atom stereocenters. The van der Waals surface area contributed by atoms with Crippen LogP contribution in [-0.2, 0) is 10.2 Å². The Kier molecular flexibility index (Phi) is 9.66. The van der Waals surface area contributed by atoms with Crippen LogP contribution in [0.2, 0.25) is 0 Å². The van der Waals surface area contributed by atoms with Crippen LogP contribution in [0, 0.1) is 22.7 Å². The van der Waals surface area contributed by atoms with Crippen LogP contribution >= 0.6 is 0 Å². The Labute approximate surface area is 223 Å². The van der Waals surface area contributed by atoms with Gasteiger partial charge in [-0.1, -0.05) is 126 Å². The quantitative estimate of drug-likeness (QED) is 0.288. The average Bonchev–Trinajstić information content (AvgIpc) is 2.90. The molecule has 3 rings (SSSR count). The third kappa shape index (κ3) is 7.08. The zero-order chi connectivity index (χ0) is 26.9. The molecule has 1 amide bonds. The Morgan fingerprint density at radius 2 is 1.32 bits per heavy atom. The lowest BCUT2D eigenvalue weighted by Gasteiger charge is -2.34. The molecule has 0 aliphatic heterocycles. The van der Waals surface area contributed by atoms with E-state index in [4.69, 9.17) is 0 Å². The SMILES string of the molecule is CC(C)[C@@](C#N)(CCCN[C@H](C(=O)NC(c1ccccc1)c1ccccc1)C(C)(C)C)c1ccccc1. The first-order valence-electron chi connectivity index (χ1n) is 13.3. The van der Waals surface area contributed by atoms with Gasteiger partial charge < -0.3 is 10.6 Å². The highest BCUT2D eigenvalue weighted by Crippen LogP contribution is 2.36. The zero-order valence-electron chi connectivity index (χ0n) is 22.9. The third-order valence-corrected chi connectivity index (χ3v) is 7.25. The lowest BCUT2D eigenvalue weighted by atomic mass is 9.70. The summed E-state index contributed by atoms with van der Waals surface area (Å²) in [5, 5.41) is 17.1. The van der Waals surface area contributed by atoms with Gasteiger partial charge in [0.05, 0.1) is 23.6 Å². The predicted octanol–water partition coefficient (Wildman–Crippen LogP) is 6.79. The summed E-state index contributed by atoms with van der Waals surface area (Å²) in [6.07, 6.45) is 1.52. The smallest absolute Gasteiger partial charge is 0.238 e. The van der Waals surface area contributed by atoms with Crippen molar-refractivity contribution in [1.82, 2.24) is 10.6 Å². The van der Waals surface area contributed by atoms with Crippen molar-refractivity contribution in [3.8, 4) is 6.07 Å². The van der Waals surface area contributed by atoms with Crippen LogP contribution in [0.25, 0.3) is 0 Å². The van der Waals surface area contributed by atoms with Gasteiger partial charge in [-0.2, -0.15) is 5.26 Å². The Bertz CT molecular complexity index is 1110. The Morgan fingerprint density at radius 3 is 1.76 bits per heavy atom. The molecule has 0 aliphatic carbocycles. The molecule has 0 heterocycles. The summed E-state index contributed by atoms with van der Waals surface area (Å²) in [7, 11) is 0. The Balaban J connectivity index is 1.73. The van der Waals surface area contributed by atoms with Crippen LogP contribution in [0.3, 0.4) is 0 Å². The van der Waals surface area contributed by atoms with Crippen molar-refractivity contribution in [2.24, 2.45) is 11.3 Å². The molecule has 0 saturated carbocycles. The molecular formula is C33H41N3O. The van der Waals surface area contributed by atoms with Gasteiger partial charge in [-0.3, -0.25) is 4.79 Å². The van der Waals surface area contributed by atoms with E-state index in [1.165, 1.54) is 0 Å². The molecule has 4 heteroatoms. The summed E-state index contributed by atoms with van der Waals surface area (Å²) in [6, 6.07) is 32.3. The summed E-state index contributed by atoms with van der Waals surface area (Å²) < 4.78 is 0. The summed E-state index contributed by atoms with van der Waals surface area (Å²) in [5.74, 6) is 0.155. The second kappa shape index (κ2) is 12.7. The Hall–Kier alpha value is -3.42. The summed E-state index contributed by atoms with van der Waals surface area (Å²) in [6.45, 7) is 11.1. The fourth-order valence-corrected chi connectivity index (χ4v) is 5.03. The van der Waals surface area contributed by atoms with E-state index >= 15 is 0 Å². The molecule has 0 radical (unpaired) electrons. The van der Waals surface area contributed by atoms with E-state index in [0.717, 1.165) is 29.5 Å². The van der Waals surface area contributed by atoms with Crippen LogP contribution in [0.15, 0.2) is 91.0 Å². The monoisotopic (exact) mass is 495 g/mol. The molecule has 4 nitrogen and oxygen atoms in total. The molecule has 37 heavy (non-hydrogen) atoms. The number of carbonyl (C=O) groups is 1. The van der Waals surface area contributed by atoms with Crippen molar-refractivity contribution < 1.29 is 4.79 Å². The molecule has 3 aromatic carbocycles. The van der Waals surface area contributed by atoms with E-state index in [9.17, 15) is 10.1 Å². The zero-order valence-corrected chi connectivity index (χ0v) is 22.9. The molecule has 0 aromatic heterocycles. The summed E-state index contributed by atoms with van der Waals surface area (Å²) in [4.78, 5) is 13.7. The minimum Gasteiger partial charge on any atom is -0.344 e. The molecule has 3 aromatic rings. The van der Waals surface area contributed by atoms with Crippen molar-refractivity contribution in [2.75, 3.05) is 6.54 Å². The minimum atomic E-state index is -0.547. The first-order valence-corrected chi connectivity index (χ1v) is 13.3. The van der Waals surface area contributed by atoms with E-state index in [-0.39, 0.29) is 29.3 Å². The second-order valence-corrected chi connectivity index (χ2v) is 11.2. The lowest BCUT2D eigenvalue weighted by molar-refractivity contribution is -0.126. The van der Waals surface area contributed by atoms with Gasteiger partial charge in [0, 0.05) is 0 Å². The maximum absolute atomic E-state index is 13.7. The van der Waals surface area contributed by atoms with E-state index in [1.54, 1.807) is 0 Å². The lowest BCUT2D eigenvalue weighted by Crippen LogP contribution is -2.52. The standard InChI is InChI=1S/C33H41N3O/c1-25(2)33(24-34,28-20-13-8-14-21-28)22-15-23-35-30(32(3,4)5)31(37)36-29(26-16-9-6-10-17-26)27-18-11-7-12-19-27/h6-14,16-21,25,29-30,35H,15,22-23H2,1-5H3,(H,36,37)/t30-,33+/m1/s1. The molecule has 0 aliphatic rings. The summed E-state index contributed by atoms with van der Waals surface area (Å²) in [5.41, 5.74) is 2.33. The highest BCUT2D eigenvalue weighted by molar-refractivity contribution is 5.83. The Morgan fingerprint density at radius 1 is 0.838 bits per heavy atom. The van der Waals surface area contributed by atoms with Gasteiger partial charge in [0.1, 0.15) is 0 Å². The van der Waals surface area contributed by atoms with E-state index in [2.05, 4.69) is 87.7 Å². The van der Waals surface area contributed by atoms with Crippen LogP contribution in [0.1, 0.15) is 70.2 Å². The minimum absolute atomic E-state index is 0.0244. The number of hydrogen-bond acceptors (Lipinski definition) is 3. The first-order chi connectivity index (χ1) is 17.7. The van der Waals surface area contributed by atoms with Crippen molar-refractivity contribution in [2.45, 2.75) is 65.0 Å². The predicted molar refractivity (Wildman–Crippen MR) is 152 cm³/mol. The topological polar surface area (TPSA) is 64.9 Å². The third-order valence-electron chi connectivity index (χ3n) is 7.25. The number of hydrogen-bond donors (Lipinski definition) is 2. The molecule has 2 atom stereocenters. The fraction of sp³-hybridized carbons (Fsp3) is 0.394. The molecule has 0 fully saturated rings. The van der Waals surface area contributed by atoms with Gasteiger partial charge in [-0.05, 0) is 47.4 Å². The van der Waals surface area contributed by atoms with Crippen LogP contribution in [-0.4, -0.2) is 18.5 Å². The molecule has 0 spiro atoms. The number of nitriles is 1. The van der Waals surface area contributed by atoms with Crippen LogP contribution in [0.5, 0.6) is 0 Å². The van der Waals surface area contributed by atoms with Crippen LogP contribution < -0.4 is 10.6 Å². The van der Waals surface area contributed by atoms with Gasteiger partial charge in [-0.15, -0.1) is 0 Å². The first kappa shape index (κ1) is 28.2. The van der Waals surface area contributed by atoms with Crippen LogP contribution in [0.4, 0.5) is 0 Å². The highest BCUT2D eigenvalue weighted by atomic mass is 16.2. The second-order valence-electron chi connectivity index (χ2n) is 11.2. The van der Waals surface area contributed by atoms with Gasteiger partial charge >= 0.3 is 0 Å². The maximum atomic E-state index is 13.7. The highest BCUT2D eigenvalue weighted by Gasteiger charge is 2.36. The number of benzene rings is 3. The number of nitrogens with zero attached hydrogens (tertiary/aromatic N) is 1. The molecular weight excluding hydrogens is 454 g/mol. The molecule has 0 bridgehead atoms. The maximum Gasteiger partial charge on any atom is 0.238 e. The van der Waals surface area contributed by atoms with E-state index < -0.39 is 5.41 Å². The van der Waals surface area contributed by atoms with Crippen molar-refractivity contribution in [1.29, 1.82) is 5.26 Å². The van der Waals surface area contributed by atoms with Crippen molar-refractivity contribution in [3.63, 3.8) is 0 Å². The normalized spacial score (nSPS) is 14.1. The fourth-order valence-electron chi connectivity index (χ4n) is 5.03. The van der Waals surface area contributed by atoms with E-state index in [1.807, 2.05) is 54.6 Å².